The maximum atomic E-state index is 12.3. The first-order valence-corrected chi connectivity index (χ1v) is 9.80. The highest BCUT2D eigenvalue weighted by atomic mass is 16.2. The van der Waals surface area contributed by atoms with Crippen molar-refractivity contribution in [2.45, 2.75) is 26.7 Å². The first-order chi connectivity index (χ1) is 14.5. The third-order valence-corrected chi connectivity index (χ3v) is 5.14. The Balaban J connectivity index is 1.36. The molecule has 0 unspecified atom stereocenters. The van der Waals surface area contributed by atoms with Crippen LogP contribution in [0, 0.1) is 13.8 Å². The molecule has 30 heavy (non-hydrogen) atoms. The van der Waals surface area contributed by atoms with Crippen LogP contribution < -0.4 is 5.32 Å². The zero-order valence-electron chi connectivity index (χ0n) is 16.9. The number of anilines is 1. The number of nitrogens with one attached hydrogen (secondary N) is 1. The highest BCUT2D eigenvalue weighted by Crippen LogP contribution is 2.18. The lowest BCUT2D eigenvalue weighted by molar-refractivity contribution is -0.116. The minimum atomic E-state index is -0.213. The average molecular weight is 398 g/mol. The van der Waals surface area contributed by atoms with Crippen molar-refractivity contribution < 1.29 is 9.59 Å². The number of benzene rings is 2. The summed E-state index contributed by atoms with van der Waals surface area (Å²) >= 11 is 0. The topological polar surface area (TPSA) is 76.9 Å². The first kappa shape index (κ1) is 19.5. The van der Waals surface area contributed by atoms with Gasteiger partial charge in [-0.3, -0.25) is 14.2 Å². The van der Waals surface area contributed by atoms with E-state index in [0.717, 1.165) is 22.2 Å². The molecule has 2 aromatic heterocycles. The maximum absolute atomic E-state index is 12.3. The van der Waals surface area contributed by atoms with Crippen molar-refractivity contribution in [1.82, 2.24) is 14.5 Å². The molecule has 6 nitrogen and oxygen atoms in total. The molecule has 1 N–H and O–H groups in total. The third kappa shape index (κ3) is 4.12. The van der Waals surface area contributed by atoms with Crippen LogP contribution in [0.5, 0.6) is 0 Å². The Morgan fingerprint density at radius 3 is 2.53 bits per heavy atom. The molecule has 0 bridgehead atoms. The van der Waals surface area contributed by atoms with Crippen LogP contribution >= 0.6 is 0 Å². The van der Waals surface area contributed by atoms with E-state index in [-0.39, 0.29) is 24.5 Å². The Bertz CT molecular complexity index is 1230. The van der Waals surface area contributed by atoms with E-state index < -0.39 is 0 Å². The number of carbonyl (C=O) groups is 2. The molecule has 2 heterocycles. The summed E-state index contributed by atoms with van der Waals surface area (Å²) in [5, 5.41) is 2.80. The van der Waals surface area contributed by atoms with Gasteiger partial charge in [0.25, 0.3) is 0 Å². The molecule has 6 heteroatoms. The van der Waals surface area contributed by atoms with E-state index in [0.29, 0.717) is 17.1 Å². The van der Waals surface area contributed by atoms with Gasteiger partial charge in [-0.2, -0.15) is 0 Å². The number of aryl methyl sites for hydroxylation is 2. The van der Waals surface area contributed by atoms with Crippen molar-refractivity contribution in [3.63, 3.8) is 0 Å². The van der Waals surface area contributed by atoms with Gasteiger partial charge in [-0.1, -0.05) is 24.3 Å². The predicted octanol–water partition coefficient (Wildman–Crippen LogP) is 4.64. The number of nitrogens with zero attached hydrogens (tertiary/aromatic N) is 3. The van der Waals surface area contributed by atoms with Gasteiger partial charge in [-0.15, -0.1) is 0 Å². The fraction of sp³-hybridized carbons (Fsp3) is 0.167. The van der Waals surface area contributed by atoms with E-state index in [1.165, 1.54) is 0 Å². The quantitative estimate of drug-likeness (QED) is 0.480. The van der Waals surface area contributed by atoms with Crippen LogP contribution in [0.15, 0.2) is 67.1 Å². The van der Waals surface area contributed by atoms with Gasteiger partial charge in [-0.25, -0.2) is 9.97 Å². The molecule has 0 radical (unpaired) electrons. The van der Waals surface area contributed by atoms with Crippen LogP contribution in [0.1, 0.15) is 34.3 Å². The Kier molecular flexibility index (Phi) is 5.39. The predicted molar refractivity (Wildman–Crippen MR) is 117 cm³/mol. The Hall–Kier alpha value is -3.80. The number of aromatic nitrogens is 3. The molecular formula is C24H22N4O2. The summed E-state index contributed by atoms with van der Waals surface area (Å²) in [6, 6.07) is 17.0. The van der Waals surface area contributed by atoms with Gasteiger partial charge < -0.3 is 5.32 Å². The summed E-state index contributed by atoms with van der Waals surface area (Å²) in [6.45, 7) is 3.98. The molecule has 0 saturated heterocycles. The van der Waals surface area contributed by atoms with Crippen LogP contribution in [-0.4, -0.2) is 26.2 Å². The number of pyridine rings is 1. The zero-order valence-corrected chi connectivity index (χ0v) is 16.9. The highest BCUT2D eigenvalue weighted by Gasteiger charge is 2.11. The minimum Gasteiger partial charge on any atom is -0.325 e. The molecular weight excluding hydrogens is 376 g/mol. The average Bonchev–Trinajstić information content (AvgIpc) is 3.19. The van der Waals surface area contributed by atoms with E-state index in [4.69, 9.17) is 0 Å². The molecule has 0 saturated carbocycles. The number of imidazole rings is 1. The number of para-hydroxylation sites is 2. The van der Waals surface area contributed by atoms with Gasteiger partial charge in [0.1, 0.15) is 12.1 Å². The van der Waals surface area contributed by atoms with Crippen molar-refractivity contribution >= 4 is 28.4 Å². The third-order valence-electron chi connectivity index (χ3n) is 5.14. The van der Waals surface area contributed by atoms with E-state index in [2.05, 4.69) is 15.3 Å². The molecule has 4 aromatic rings. The number of ketones is 1. The summed E-state index contributed by atoms with van der Waals surface area (Å²) in [7, 11) is 0. The zero-order chi connectivity index (χ0) is 21.1. The normalized spacial score (nSPS) is 10.9. The molecule has 2 aromatic carbocycles. The minimum absolute atomic E-state index is 0.0336. The second-order valence-electron chi connectivity index (χ2n) is 7.28. The lowest BCUT2D eigenvalue weighted by Gasteiger charge is -2.08. The maximum Gasteiger partial charge on any atom is 0.224 e. The molecule has 0 aliphatic carbocycles. The van der Waals surface area contributed by atoms with Crippen LogP contribution in [0.25, 0.3) is 16.9 Å². The Morgan fingerprint density at radius 1 is 0.933 bits per heavy atom. The second-order valence-corrected chi connectivity index (χ2v) is 7.28. The van der Waals surface area contributed by atoms with Crippen molar-refractivity contribution in [1.29, 1.82) is 0 Å². The standard InChI is InChI=1S/C24H22N4O2/c1-16-7-8-18(13-17(16)2)22(29)10-12-24(30)27-19-9-11-23(25-14-19)28-15-26-20-5-3-4-6-21(20)28/h3-9,11,13-15H,10,12H2,1-2H3,(H,27,30). The number of Topliss-reactive ketones (excluding diaryl/α,β-unsaturated/α-hetero) is 1. The Morgan fingerprint density at radius 2 is 1.77 bits per heavy atom. The van der Waals surface area contributed by atoms with Crippen LogP contribution in [-0.2, 0) is 4.79 Å². The van der Waals surface area contributed by atoms with E-state index in [1.54, 1.807) is 18.6 Å². The molecule has 150 valence electrons. The molecule has 4 rings (SSSR count). The second kappa shape index (κ2) is 8.29. The number of hydrogen-bond donors (Lipinski definition) is 1. The Labute approximate surface area is 174 Å². The monoisotopic (exact) mass is 398 g/mol. The number of rotatable bonds is 6. The lowest BCUT2D eigenvalue weighted by atomic mass is 10.0. The first-order valence-electron chi connectivity index (χ1n) is 9.80. The van der Waals surface area contributed by atoms with E-state index in [9.17, 15) is 9.59 Å². The van der Waals surface area contributed by atoms with Crippen LogP contribution in [0.4, 0.5) is 5.69 Å². The van der Waals surface area contributed by atoms with E-state index in [1.807, 2.05) is 66.9 Å². The summed E-state index contributed by atoms with van der Waals surface area (Å²) in [5.41, 5.74) is 5.30. The highest BCUT2D eigenvalue weighted by molar-refractivity contribution is 6.00. The number of hydrogen-bond acceptors (Lipinski definition) is 4. The van der Waals surface area contributed by atoms with Crippen LogP contribution in [0.2, 0.25) is 0 Å². The van der Waals surface area contributed by atoms with Crippen LogP contribution in [0.3, 0.4) is 0 Å². The van der Waals surface area contributed by atoms with Gasteiger partial charge in [-0.05, 0) is 55.3 Å². The van der Waals surface area contributed by atoms with Gasteiger partial charge in [0.05, 0.1) is 22.9 Å². The summed E-state index contributed by atoms with van der Waals surface area (Å²) < 4.78 is 1.89. The van der Waals surface area contributed by atoms with Gasteiger partial charge in [0.15, 0.2) is 5.78 Å². The van der Waals surface area contributed by atoms with Crippen molar-refractivity contribution in [3.8, 4) is 5.82 Å². The van der Waals surface area contributed by atoms with E-state index >= 15 is 0 Å². The lowest BCUT2D eigenvalue weighted by Crippen LogP contribution is -2.14. The van der Waals surface area contributed by atoms with Crippen molar-refractivity contribution in [2.24, 2.45) is 0 Å². The van der Waals surface area contributed by atoms with Gasteiger partial charge in [0, 0.05) is 18.4 Å². The number of fused-ring (bicyclic) bond motifs is 1. The van der Waals surface area contributed by atoms with Crippen molar-refractivity contribution in [2.75, 3.05) is 5.32 Å². The largest absolute Gasteiger partial charge is 0.325 e. The molecule has 0 spiro atoms. The smallest absolute Gasteiger partial charge is 0.224 e. The number of amides is 1. The fourth-order valence-corrected chi connectivity index (χ4v) is 3.25. The van der Waals surface area contributed by atoms with Crippen molar-refractivity contribution in [3.05, 3.63) is 83.8 Å². The molecule has 0 atom stereocenters. The summed E-state index contributed by atoms with van der Waals surface area (Å²) in [6.07, 6.45) is 3.62. The molecule has 0 fully saturated rings. The fourth-order valence-electron chi connectivity index (χ4n) is 3.25. The molecule has 0 aliphatic heterocycles. The molecule has 1 amide bonds. The molecule has 0 aliphatic rings. The summed E-state index contributed by atoms with van der Waals surface area (Å²) in [4.78, 5) is 33.4. The summed E-state index contributed by atoms with van der Waals surface area (Å²) in [5.74, 6) is 0.468. The SMILES string of the molecule is Cc1ccc(C(=O)CCC(=O)Nc2ccc(-n3cnc4ccccc43)nc2)cc1C. The van der Waals surface area contributed by atoms with Gasteiger partial charge in [0.2, 0.25) is 5.91 Å². The number of carbonyl (C=O) groups excluding carboxylic acids is 2. The van der Waals surface area contributed by atoms with Gasteiger partial charge >= 0.3 is 0 Å².